The highest BCUT2D eigenvalue weighted by molar-refractivity contribution is 5.14. The van der Waals surface area contributed by atoms with Crippen LogP contribution in [0.1, 0.15) is 31.4 Å². The molecule has 0 radical (unpaired) electrons. The van der Waals surface area contributed by atoms with Crippen molar-refractivity contribution in [3.05, 3.63) is 18.2 Å². The Labute approximate surface area is 87.3 Å². The monoisotopic (exact) mass is 215 g/mol. The average Bonchev–Trinajstić information content (AvgIpc) is 2.58. The number of imidazole rings is 1. The van der Waals surface area contributed by atoms with Crippen molar-refractivity contribution in [3.63, 3.8) is 0 Å². The maximum absolute atomic E-state index is 13.0. The molecule has 0 saturated heterocycles. The van der Waals surface area contributed by atoms with E-state index in [1.165, 1.54) is 0 Å². The van der Waals surface area contributed by atoms with Gasteiger partial charge >= 0.3 is 0 Å². The molecule has 1 aromatic heterocycles. The van der Waals surface area contributed by atoms with Crippen molar-refractivity contribution in [2.24, 2.45) is 12.8 Å². The van der Waals surface area contributed by atoms with Gasteiger partial charge in [-0.1, -0.05) is 0 Å². The molecule has 1 aliphatic carbocycles. The lowest BCUT2D eigenvalue weighted by molar-refractivity contribution is -0.0522. The fourth-order valence-electron chi connectivity index (χ4n) is 2.15. The first-order valence-corrected chi connectivity index (χ1v) is 5.06. The summed E-state index contributed by atoms with van der Waals surface area (Å²) in [7, 11) is 1.84. The van der Waals surface area contributed by atoms with E-state index in [9.17, 15) is 8.78 Å². The van der Waals surface area contributed by atoms with E-state index < -0.39 is 11.5 Å². The number of aromatic nitrogens is 2. The molecular weight excluding hydrogens is 200 g/mol. The molecule has 1 aliphatic rings. The summed E-state index contributed by atoms with van der Waals surface area (Å²) in [4.78, 5) is 3.97. The molecule has 0 spiro atoms. The highest BCUT2D eigenvalue weighted by atomic mass is 19.3. The smallest absolute Gasteiger partial charge is 0.248 e. The SMILES string of the molecule is Cn1cncc1C1(N)CCC(F)(F)CC1. The molecule has 1 saturated carbocycles. The van der Waals surface area contributed by atoms with Gasteiger partial charge in [0.15, 0.2) is 0 Å². The van der Waals surface area contributed by atoms with Crippen LogP contribution in [0.2, 0.25) is 0 Å². The average molecular weight is 215 g/mol. The molecule has 1 aromatic rings. The van der Waals surface area contributed by atoms with Crippen LogP contribution in [0.25, 0.3) is 0 Å². The maximum atomic E-state index is 13.0. The molecule has 15 heavy (non-hydrogen) atoms. The third-order valence-corrected chi connectivity index (χ3v) is 3.20. The number of hydrogen-bond donors (Lipinski definition) is 1. The lowest BCUT2D eigenvalue weighted by Gasteiger charge is -2.37. The second-order valence-corrected chi connectivity index (χ2v) is 4.40. The summed E-state index contributed by atoms with van der Waals surface area (Å²) >= 11 is 0. The number of hydrogen-bond acceptors (Lipinski definition) is 2. The number of alkyl halides is 2. The van der Waals surface area contributed by atoms with Gasteiger partial charge in [0.25, 0.3) is 0 Å². The first kappa shape index (κ1) is 10.5. The van der Waals surface area contributed by atoms with Crippen LogP contribution in [-0.4, -0.2) is 15.5 Å². The quantitative estimate of drug-likeness (QED) is 0.776. The van der Waals surface area contributed by atoms with Crippen molar-refractivity contribution in [1.82, 2.24) is 9.55 Å². The van der Waals surface area contributed by atoms with Gasteiger partial charge in [-0.2, -0.15) is 0 Å². The van der Waals surface area contributed by atoms with E-state index in [-0.39, 0.29) is 12.8 Å². The predicted molar refractivity (Wildman–Crippen MR) is 52.5 cm³/mol. The minimum Gasteiger partial charge on any atom is -0.336 e. The Hall–Kier alpha value is -0.970. The summed E-state index contributed by atoms with van der Waals surface area (Å²) < 4.78 is 27.8. The molecule has 0 atom stereocenters. The van der Waals surface area contributed by atoms with Crippen LogP contribution in [0.5, 0.6) is 0 Å². The van der Waals surface area contributed by atoms with Crippen LogP contribution < -0.4 is 5.73 Å². The van der Waals surface area contributed by atoms with E-state index in [0.717, 1.165) is 5.69 Å². The third kappa shape index (κ3) is 1.88. The van der Waals surface area contributed by atoms with Crippen LogP contribution in [0, 0.1) is 0 Å². The maximum Gasteiger partial charge on any atom is 0.248 e. The number of nitrogens with two attached hydrogens (primary N) is 1. The van der Waals surface area contributed by atoms with E-state index in [0.29, 0.717) is 12.8 Å². The van der Waals surface area contributed by atoms with Crippen LogP contribution in [0.15, 0.2) is 12.5 Å². The zero-order valence-corrected chi connectivity index (χ0v) is 8.71. The Bertz CT molecular complexity index is 349. The van der Waals surface area contributed by atoms with Gasteiger partial charge in [-0.05, 0) is 12.8 Å². The van der Waals surface area contributed by atoms with Gasteiger partial charge in [0.1, 0.15) is 0 Å². The van der Waals surface area contributed by atoms with Gasteiger partial charge in [0.2, 0.25) is 5.92 Å². The topological polar surface area (TPSA) is 43.8 Å². The first-order chi connectivity index (χ1) is 6.93. The number of rotatable bonds is 1. The van der Waals surface area contributed by atoms with Gasteiger partial charge in [-0.3, -0.25) is 0 Å². The van der Waals surface area contributed by atoms with Crippen LogP contribution in [-0.2, 0) is 12.6 Å². The predicted octanol–water partition coefficient (Wildman–Crippen LogP) is 1.78. The van der Waals surface area contributed by atoms with Crippen molar-refractivity contribution in [2.45, 2.75) is 37.1 Å². The second kappa shape index (κ2) is 3.27. The Morgan fingerprint density at radius 3 is 2.40 bits per heavy atom. The van der Waals surface area contributed by atoms with Gasteiger partial charge < -0.3 is 10.3 Å². The van der Waals surface area contributed by atoms with Gasteiger partial charge in [-0.15, -0.1) is 0 Å². The van der Waals surface area contributed by atoms with E-state index in [2.05, 4.69) is 4.98 Å². The van der Waals surface area contributed by atoms with Crippen LogP contribution in [0.4, 0.5) is 8.78 Å². The molecule has 2 rings (SSSR count). The largest absolute Gasteiger partial charge is 0.336 e. The fraction of sp³-hybridized carbons (Fsp3) is 0.700. The zero-order valence-electron chi connectivity index (χ0n) is 8.71. The number of halogens is 2. The third-order valence-electron chi connectivity index (χ3n) is 3.20. The number of aryl methyl sites for hydroxylation is 1. The molecule has 84 valence electrons. The minimum absolute atomic E-state index is 0.130. The highest BCUT2D eigenvalue weighted by Crippen LogP contribution is 2.41. The molecule has 1 heterocycles. The Kier molecular flexibility index (Phi) is 2.30. The van der Waals surface area contributed by atoms with Crippen molar-refractivity contribution in [3.8, 4) is 0 Å². The summed E-state index contributed by atoms with van der Waals surface area (Å²) in [5.74, 6) is -2.54. The summed E-state index contributed by atoms with van der Waals surface area (Å²) in [6.45, 7) is 0. The lowest BCUT2D eigenvalue weighted by atomic mass is 9.78. The molecule has 0 aliphatic heterocycles. The molecule has 2 N–H and O–H groups in total. The molecule has 0 amide bonds. The van der Waals surface area contributed by atoms with Crippen LogP contribution in [0.3, 0.4) is 0 Å². The molecule has 0 aromatic carbocycles. The Morgan fingerprint density at radius 2 is 1.93 bits per heavy atom. The van der Waals surface area contributed by atoms with Crippen molar-refractivity contribution in [2.75, 3.05) is 0 Å². The fourth-order valence-corrected chi connectivity index (χ4v) is 2.15. The highest BCUT2D eigenvalue weighted by Gasteiger charge is 2.43. The van der Waals surface area contributed by atoms with Gasteiger partial charge in [0, 0.05) is 26.1 Å². The van der Waals surface area contributed by atoms with Crippen molar-refractivity contribution >= 4 is 0 Å². The first-order valence-electron chi connectivity index (χ1n) is 5.06. The summed E-state index contributed by atoms with van der Waals surface area (Å²) in [5, 5.41) is 0. The van der Waals surface area contributed by atoms with E-state index in [1.54, 1.807) is 12.5 Å². The Morgan fingerprint density at radius 1 is 1.33 bits per heavy atom. The molecular formula is C10H15F2N3. The zero-order chi connectivity index (χ0) is 11.1. The van der Waals surface area contributed by atoms with Gasteiger partial charge in [-0.25, -0.2) is 13.8 Å². The molecule has 1 fully saturated rings. The minimum atomic E-state index is -2.54. The van der Waals surface area contributed by atoms with Crippen molar-refractivity contribution < 1.29 is 8.78 Å². The molecule has 5 heteroatoms. The van der Waals surface area contributed by atoms with Crippen molar-refractivity contribution in [1.29, 1.82) is 0 Å². The number of nitrogens with zero attached hydrogens (tertiary/aromatic N) is 2. The summed E-state index contributed by atoms with van der Waals surface area (Å²) in [6, 6.07) is 0. The van der Waals surface area contributed by atoms with E-state index in [1.807, 2.05) is 11.6 Å². The molecule has 0 unspecified atom stereocenters. The normalized spacial score (nSPS) is 24.0. The van der Waals surface area contributed by atoms with Gasteiger partial charge in [0.05, 0.1) is 17.6 Å². The molecule has 3 nitrogen and oxygen atoms in total. The molecule has 0 bridgehead atoms. The van der Waals surface area contributed by atoms with E-state index >= 15 is 0 Å². The van der Waals surface area contributed by atoms with E-state index in [4.69, 9.17) is 5.73 Å². The standard InChI is InChI=1S/C10H15F2N3/c1-15-7-14-6-8(15)9(13)2-4-10(11,12)5-3-9/h6-7H,2-5,13H2,1H3. The van der Waals surface area contributed by atoms with Crippen LogP contribution >= 0.6 is 0 Å². The Balaban J connectivity index is 2.20. The summed E-state index contributed by atoms with van der Waals surface area (Å²) in [6.07, 6.45) is 3.70. The second-order valence-electron chi connectivity index (χ2n) is 4.40. The lowest BCUT2D eigenvalue weighted by Crippen LogP contribution is -2.44. The summed E-state index contributed by atoms with van der Waals surface area (Å²) in [5.41, 5.74) is 6.37.